The highest BCUT2D eigenvalue weighted by atomic mass is 79.9. The molecule has 1 aliphatic carbocycles. The fraction of sp³-hybridized carbons (Fsp3) is 0.562. The van der Waals surface area contributed by atoms with Crippen LogP contribution in [0.3, 0.4) is 0 Å². The average molecular weight is 358 g/mol. The molecule has 0 heterocycles. The molecule has 1 aliphatic rings. The molecular formula is C16H21BrFNO2. The van der Waals surface area contributed by atoms with Gasteiger partial charge in [-0.05, 0) is 52.7 Å². The van der Waals surface area contributed by atoms with Gasteiger partial charge in [-0.2, -0.15) is 0 Å². The van der Waals surface area contributed by atoms with Gasteiger partial charge in [-0.25, -0.2) is 9.18 Å². The number of carbonyl (C=O) groups is 1. The van der Waals surface area contributed by atoms with E-state index in [0.29, 0.717) is 18.2 Å². The molecule has 2 unspecified atom stereocenters. The molecule has 1 saturated carbocycles. The van der Waals surface area contributed by atoms with E-state index >= 15 is 0 Å². The van der Waals surface area contributed by atoms with Crippen LogP contribution in [0.15, 0.2) is 16.6 Å². The Bertz CT molecular complexity index is 521. The number of carboxylic acid groups (broad SMARTS) is 1. The van der Waals surface area contributed by atoms with E-state index < -0.39 is 11.8 Å². The molecule has 0 aliphatic heterocycles. The lowest BCUT2D eigenvalue weighted by molar-refractivity contribution is 0.0695. The minimum Gasteiger partial charge on any atom is -0.478 e. The van der Waals surface area contributed by atoms with E-state index in [9.17, 15) is 9.18 Å². The third kappa shape index (κ3) is 4.19. The largest absolute Gasteiger partial charge is 0.478 e. The van der Waals surface area contributed by atoms with Gasteiger partial charge >= 0.3 is 5.97 Å². The summed E-state index contributed by atoms with van der Waals surface area (Å²) in [5.74, 6) is -0.161. The van der Waals surface area contributed by atoms with Gasteiger partial charge in [-0.15, -0.1) is 0 Å². The van der Waals surface area contributed by atoms with Crippen LogP contribution in [-0.2, 0) is 0 Å². The fourth-order valence-corrected chi connectivity index (χ4v) is 3.60. The number of aromatic carboxylic acids is 1. The maximum atomic E-state index is 14.1. The van der Waals surface area contributed by atoms with Crippen LogP contribution in [0.25, 0.3) is 0 Å². The van der Waals surface area contributed by atoms with Crippen molar-refractivity contribution < 1.29 is 14.3 Å². The Morgan fingerprint density at radius 2 is 2.24 bits per heavy atom. The van der Waals surface area contributed by atoms with E-state index in [2.05, 4.69) is 28.2 Å². The van der Waals surface area contributed by atoms with Crippen molar-refractivity contribution in [3.63, 3.8) is 0 Å². The third-order valence-electron chi connectivity index (χ3n) is 4.23. The number of anilines is 1. The van der Waals surface area contributed by atoms with Crippen molar-refractivity contribution >= 4 is 27.6 Å². The second-order valence-electron chi connectivity index (χ2n) is 5.95. The number of benzene rings is 1. The molecule has 0 radical (unpaired) electrons. The van der Waals surface area contributed by atoms with Gasteiger partial charge in [0, 0.05) is 6.54 Å². The number of rotatable bonds is 5. The SMILES string of the molecule is CC1CCCC(CCNc2ccc(C(=O)O)c(Br)c2F)C1. The predicted octanol–water partition coefficient (Wildman–Crippen LogP) is 4.91. The van der Waals surface area contributed by atoms with Crippen LogP contribution in [0.1, 0.15) is 49.4 Å². The minimum absolute atomic E-state index is 0.00582. The molecular weight excluding hydrogens is 337 g/mol. The maximum absolute atomic E-state index is 14.1. The third-order valence-corrected chi connectivity index (χ3v) is 5.00. The first-order valence-electron chi connectivity index (χ1n) is 7.44. The van der Waals surface area contributed by atoms with Crippen molar-refractivity contribution in [2.45, 2.75) is 39.0 Å². The maximum Gasteiger partial charge on any atom is 0.336 e. The molecule has 0 bridgehead atoms. The van der Waals surface area contributed by atoms with Gasteiger partial charge in [0.15, 0.2) is 5.82 Å². The minimum atomic E-state index is -1.14. The Morgan fingerprint density at radius 1 is 1.48 bits per heavy atom. The van der Waals surface area contributed by atoms with Gasteiger partial charge in [0.05, 0.1) is 15.7 Å². The second kappa shape index (κ2) is 7.25. The highest BCUT2D eigenvalue weighted by Gasteiger charge is 2.19. The lowest BCUT2D eigenvalue weighted by Crippen LogP contribution is -2.17. The summed E-state index contributed by atoms with van der Waals surface area (Å²) < 4.78 is 14.1. The quantitative estimate of drug-likeness (QED) is 0.786. The fourth-order valence-electron chi connectivity index (χ4n) is 3.08. The molecule has 3 nitrogen and oxygen atoms in total. The molecule has 5 heteroatoms. The lowest BCUT2D eigenvalue weighted by Gasteiger charge is -2.26. The van der Waals surface area contributed by atoms with Crippen LogP contribution in [-0.4, -0.2) is 17.6 Å². The molecule has 2 atom stereocenters. The zero-order valence-corrected chi connectivity index (χ0v) is 13.7. The van der Waals surface area contributed by atoms with Crippen molar-refractivity contribution in [1.82, 2.24) is 0 Å². The molecule has 2 rings (SSSR count). The van der Waals surface area contributed by atoms with Gasteiger partial charge in [-0.1, -0.05) is 26.2 Å². The van der Waals surface area contributed by atoms with Crippen LogP contribution in [0, 0.1) is 17.7 Å². The molecule has 0 aromatic heterocycles. The van der Waals surface area contributed by atoms with Crippen LogP contribution >= 0.6 is 15.9 Å². The van der Waals surface area contributed by atoms with Crippen molar-refractivity contribution in [2.75, 3.05) is 11.9 Å². The molecule has 0 spiro atoms. The topological polar surface area (TPSA) is 49.3 Å². The smallest absolute Gasteiger partial charge is 0.336 e. The van der Waals surface area contributed by atoms with E-state index in [-0.39, 0.29) is 10.0 Å². The van der Waals surface area contributed by atoms with Crippen LogP contribution in [0.4, 0.5) is 10.1 Å². The molecule has 1 fully saturated rings. The first kappa shape index (κ1) is 16.3. The standard InChI is InChI=1S/C16H21BrFNO2/c1-10-3-2-4-11(9-10)7-8-19-13-6-5-12(16(20)21)14(17)15(13)18/h5-6,10-11,19H,2-4,7-9H2,1H3,(H,20,21). The van der Waals surface area contributed by atoms with Gasteiger partial charge in [0.25, 0.3) is 0 Å². The Kier molecular flexibility index (Phi) is 5.62. The van der Waals surface area contributed by atoms with E-state index in [1.54, 1.807) is 0 Å². The molecule has 116 valence electrons. The van der Waals surface area contributed by atoms with Gasteiger partial charge in [0.2, 0.25) is 0 Å². The molecule has 21 heavy (non-hydrogen) atoms. The summed E-state index contributed by atoms with van der Waals surface area (Å²) in [6, 6.07) is 2.91. The van der Waals surface area contributed by atoms with E-state index in [1.807, 2.05) is 0 Å². The zero-order chi connectivity index (χ0) is 15.4. The molecule has 1 aromatic rings. The molecule has 0 amide bonds. The number of hydrogen-bond donors (Lipinski definition) is 2. The van der Waals surface area contributed by atoms with Crippen LogP contribution < -0.4 is 5.32 Å². The number of halogens is 2. The van der Waals surface area contributed by atoms with Crippen LogP contribution in [0.2, 0.25) is 0 Å². The summed E-state index contributed by atoms with van der Waals surface area (Å²) in [4.78, 5) is 10.9. The Hall–Kier alpha value is -1.10. The molecule has 0 saturated heterocycles. The number of nitrogens with one attached hydrogen (secondary N) is 1. The monoisotopic (exact) mass is 357 g/mol. The Balaban J connectivity index is 1.91. The van der Waals surface area contributed by atoms with Crippen molar-refractivity contribution in [3.8, 4) is 0 Å². The average Bonchev–Trinajstić information content (AvgIpc) is 2.43. The van der Waals surface area contributed by atoms with Gasteiger partial charge in [0.1, 0.15) is 0 Å². The van der Waals surface area contributed by atoms with E-state index in [1.165, 1.54) is 37.8 Å². The Labute approximate surface area is 133 Å². The van der Waals surface area contributed by atoms with Crippen molar-refractivity contribution in [2.24, 2.45) is 11.8 Å². The summed E-state index contributed by atoms with van der Waals surface area (Å²) in [7, 11) is 0. The normalized spacial score (nSPS) is 22.0. The molecule has 2 N–H and O–H groups in total. The number of carboxylic acids is 1. The van der Waals surface area contributed by atoms with Crippen LogP contribution in [0.5, 0.6) is 0 Å². The van der Waals surface area contributed by atoms with Crippen molar-refractivity contribution in [3.05, 3.63) is 28.0 Å². The number of hydrogen-bond acceptors (Lipinski definition) is 2. The highest BCUT2D eigenvalue weighted by Crippen LogP contribution is 2.31. The Morgan fingerprint density at radius 3 is 2.90 bits per heavy atom. The summed E-state index contributed by atoms with van der Waals surface area (Å²) >= 11 is 3.01. The summed E-state index contributed by atoms with van der Waals surface area (Å²) in [6.07, 6.45) is 6.16. The van der Waals surface area contributed by atoms with E-state index in [0.717, 1.165) is 12.3 Å². The highest BCUT2D eigenvalue weighted by molar-refractivity contribution is 9.10. The predicted molar refractivity (Wildman–Crippen MR) is 85.3 cm³/mol. The van der Waals surface area contributed by atoms with Crippen molar-refractivity contribution in [1.29, 1.82) is 0 Å². The summed E-state index contributed by atoms with van der Waals surface area (Å²) in [5.41, 5.74) is 0.301. The second-order valence-corrected chi connectivity index (χ2v) is 6.74. The van der Waals surface area contributed by atoms with Gasteiger partial charge in [-0.3, -0.25) is 0 Å². The summed E-state index contributed by atoms with van der Waals surface area (Å²) in [5, 5.41) is 12.0. The first-order chi connectivity index (χ1) is 9.99. The summed E-state index contributed by atoms with van der Waals surface area (Å²) in [6.45, 7) is 3.01. The van der Waals surface area contributed by atoms with E-state index in [4.69, 9.17) is 5.11 Å². The molecule has 1 aromatic carbocycles. The zero-order valence-electron chi connectivity index (χ0n) is 12.2. The lowest BCUT2D eigenvalue weighted by atomic mass is 9.81. The first-order valence-corrected chi connectivity index (χ1v) is 8.23. The van der Waals surface area contributed by atoms with Gasteiger partial charge < -0.3 is 10.4 Å².